The van der Waals surface area contributed by atoms with E-state index in [4.69, 9.17) is 5.10 Å². The third kappa shape index (κ3) is 3.12. The van der Waals surface area contributed by atoms with E-state index in [0.29, 0.717) is 0 Å². The summed E-state index contributed by atoms with van der Waals surface area (Å²) in [4.78, 5) is 2.36. The Bertz CT molecular complexity index is 916. The Morgan fingerprint density at radius 3 is 1.92 bits per heavy atom. The second kappa shape index (κ2) is 6.77. The fourth-order valence-electron chi connectivity index (χ4n) is 2.56. The van der Waals surface area contributed by atoms with Crippen molar-refractivity contribution in [2.45, 2.75) is 9.79 Å². The van der Waals surface area contributed by atoms with E-state index in [9.17, 15) is 0 Å². The molecule has 2 nitrogen and oxygen atoms in total. The van der Waals surface area contributed by atoms with Crippen LogP contribution in [0.3, 0.4) is 0 Å². The first-order valence-electron chi connectivity index (χ1n) is 7.83. The quantitative estimate of drug-likeness (QED) is 0.479. The highest BCUT2D eigenvalue weighted by atomic mass is 32.2. The Labute approximate surface area is 145 Å². The van der Waals surface area contributed by atoms with Crippen molar-refractivity contribution in [2.75, 3.05) is 0 Å². The van der Waals surface area contributed by atoms with Crippen LogP contribution in [0.25, 0.3) is 16.9 Å². The lowest BCUT2D eigenvalue weighted by molar-refractivity contribution is 0.883. The van der Waals surface area contributed by atoms with E-state index in [1.165, 1.54) is 4.90 Å². The van der Waals surface area contributed by atoms with Crippen LogP contribution in [0, 0.1) is 0 Å². The molecule has 0 unspecified atom stereocenters. The predicted octanol–water partition coefficient (Wildman–Crippen LogP) is 5.69. The molecule has 0 spiro atoms. The van der Waals surface area contributed by atoms with Gasteiger partial charge in [0.2, 0.25) is 0 Å². The molecule has 0 aliphatic carbocycles. The van der Waals surface area contributed by atoms with Gasteiger partial charge in [0.05, 0.1) is 10.6 Å². The van der Waals surface area contributed by atoms with Gasteiger partial charge in [0.25, 0.3) is 0 Å². The summed E-state index contributed by atoms with van der Waals surface area (Å²) in [5.74, 6) is 0. The van der Waals surface area contributed by atoms with Crippen LogP contribution >= 0.6 is 11.8 Å². The van der Waals surface area contributed by atoms with Gasteiger partial charge in [-0.25, -0.2) is 4.68 Å². The summed E-state index contributed by atoms with van der Waals surface area (Å²) < 4.78 is 1.95. The highest BCUT2D eigenvalue weighted by Gasteiger charge is 2.13. The van der Waals surface area contributed by atoms with Crippen molar-refractivity contribution in [3.8, 4) is 16.9 Å². The molecular formula is C21H16N2S. The molecule has 0 aliphatic heterocycles. The molecule has 0 radical (unpaired) electrons. The lowest BCUT2D eigenvalue weighted by Gasteiger charge is -2.02. The Morgan fingerprint density at radius 1 is 0.667 bits per heavy atom. The smallest absolute Gasteiger partial charge is 0.107 e. The van der Waals surface area contributed by atoms with Crippen molar-refractivity contribution in [2.24, 2.45) is 0 Å². The molecule has 3 aromatic carbocycles. The molecule has 1 heterocycles. The molecular weight excluding hydrogens is 312 g/mol. The van der Waals surface area contributed by atoms with E-state index in [1.807, 2.05) is 47.1 Å². The molecule has 4 rings (SSSR count). The molecule has 0 atom stereocenters. The van der Waals surface area contributed by atoms with Crippen molar-refractivity contribution in [3.05, 3.63) is 97.2 Å². The molecule has 0 aliphatic rings. The van der Waals surface area contributed by atoms with Gasteiger partial charge in [-0.15, -0.1) is 0 Å². The lowest BCUT2D eigenvalue weighted by Crippen LogP contribution is -1.93. The van der Waals surface area contributed by atoms with E-state index in [1.54, 1.807) is 11.8 Å². The minimum Gasteiger partial charge on any atom is -0.239 e. The fourth-order valence-corrected chi connectivity index (χ4v) is 3.51. The molecule has 0 bridgehead atoms. The summed E-state index contributed by atoms with van der Waals surface area (Å²) in [6.07, 6.45) is 2.11. The number of para-hydroxylation sites is 1. The normalized spacial score (nSPS) is 10.7. The van der Waals surface area contributed by atoms with Crippen LogP contribution < -0.4 is 0 Å². The maximum Gasteiger partial charge on any atom is 0.107 e. The van der Waals surface area contributed by atoms with E-state index >= 15 is 0 Å². The number of hydrogen-bond acceptors (Lipinski definition) is 2. The predicted molar refractivity (Wildman–Crippen MR) is 99.6 cm³/mol. The van der Waals surface area contributed by atoms with Gasteiger partial charge < -0.3 is 0 Å². The van der Waals surface area contributed by atoms with E-state index in [-0.39, 0.29) is 0 Å². The number of benzene rings is 3. The summed E-state index contributed by atoms with van der Waals surface area (Å²) >= 11 is 1.74. The minimum atomic E-state index is 1.01. The average molecular weight is 328 g/mol. The molecule has 24 heavy (non-hydrogen) atoms. The highest BCUT2D eigenvalue weighted by Crippen LogP contribution is 2.35. The van der Waals surface area contributed by atoms with Gasteiger partial charge in [-0.05, 0) is 24.3 Å². The zero-order valence-electron chi connectivity index (χ0n) is 13.0. The number of aromatic nitrogens is 2. The molecule has 0 fully saturated rings. The topological polar surface area (TPSA) is 17.8 Å². The minimum absolute atomic E-state index is 1.01. The van der Waals surface area contributed by atoms with Crippen molar-refractivity contribution in [1.82, 2.24) is 9.78 Å². The van der Waals surface area contributed by atoms with Gasteiger partial charge in [0.15, 0.2) is 0 Å². The van der Waals surface area contributed by atoms with Crippen LogP contribution in [0.2, 0.25) is 0 Å². The molecule has 0 amide bonds. The first-order chi connectivity index (χ1) is 11.9. The van der Waals surface area contributed by atoms with Gasteiger partial charge >= 0.3 is 0 Å². The van der Waals surface area contributed by atoms with E-state index in [0.717, 1.165) is 21.8 Å². The highest BCUT2D eigenvalue weighted by molar-refractivity contribution is 7.99. The molecule has 3 heteroatoms. The fraction of sp³-hybridized carbons (Fsp3) is 0. The average Bonchev–Trinajstić information content (AvgIpc) is 3.08. The van der Waals surface area contributed by atoms with Crippen LogP contribution in [0.1, 0.15) is 0 Å². The molecule has 4 aromatic rings. The lowest BCUT2D eigenvalue weighted by atomic mass is 10.2. The number of nitrogens with zero attached hydrogens (tertiary/aromatic N) is 2. The van der Waals surface area contributed by atoms with Gasteiger partial charge in [0, 0.05) is 16.7 Å². The van der Waals surface area contributed by atoms with Crippen LogP contribution in [0.4, 0.5) is 0 Å². The van der Waals surface area contributed by atoms with Crippen LogP contribution in [0.5, 0.6) is 0 Å². The summed E-state index contributed by atoms with van der Waals surface area (Å²) in [5, 5.41) is 4.84. The number of rotatable bonds is 4. The zero-order chi connectivity index (χ0) is 16.2. The molecule has 0 saturated carbocycles. The standard InChI is InChI=1S/C21H16N2S/c1-4-10-17(11-5-1)21-20(24-19-14-8-3-9-15-19)16-23(22-21)18-12-6-2-7-13-18/h1-16H. The third-order valence-corrected chi connectivity index (χ3v) is 4.75. The molecule has 0 saturated heterocycles. The van der Waals surface area contributed by atoms with Gasteiger partial charge in [-0.3, -0.25) is 0 Å². The summed E-state index contributed by atoms with van der Waals surface area (Å²) in [6.45, 7) is 0. The Morgan fingerprint density at radius 2 is 1.25 bits per heavy atom. The maximum absolute atomic E-state index is 4.84. The third-order valence-electron chi connectivity index (χ3n) is 3.72. The zero-order valence-corrected chi connectivity index (χ0v) is 13.9. The largest absolute Gasteiger partial charge is 0.239 e. The summed E-state index contributed by atoms with van der Waals surface area (Å²) in [6, 6.07) is 31.0. The Kier molecular flexibility index (Phi) is 4.17. The molecule has 1 aromatic heterocycles. The van der Waals surface area contributed by atoms with Gasteiger partial charge in [-0.2, -0.15) is 5.10 Å². The van der Waals surface area contributed by atoms with Crippen LogP contribution in [-0.2, 0) is 0 Å². The van der Waals surface area contributed by atoms with Crippen LogP contribution in [0.15, 0.2) is 107 Å². The SMILES string of the molecule is c1ccc(Sc2cn(-c3ccccc3)nc2-c2ccccc2)cc1. The van der Waals surface area contributed by atoms with Crippen molar-refractivity contribution in [3.63, 3.8) is 0 Å². The van der Waals surface area contributed by atoms with E-state index in [2.05, 4.69) is 54.7 Å². The van der Waals surface area contributed by atoms with Crippen LogP contribution in [-0.4, -0.2) is 9.78 Å². The second-order valence-corrected chi connectivity index (χ2v) is 6.52. The maximum atomic E-state index is 4.84. The van der Waals surface area contributed by atoms with Crippen molar-refractivity contribution < 1.29 is 0 Å². The Hall–Kier alpha value is -2.78. The number of hydrogen-bond donors (Lipinski definition) is 0. The Balaban J connectivity index is 1.80. The van der Waals surface area contributed by atoms with Gasteiger partial charge in [-0.1, -0.05) is 78.5 Å². The van der Waals surface area contributed by atoms with Crippen molar-refractivity contribution >= 4 is 11.8 Å². The van der Waals surface area contributed by atoms with Crippen molar-refractivity contribution in [1.29, 1.82) is 0 Å². The summed E-state index contributed by atoms with van der Waals surface area (Å²) in [7, 11) is 0. The second-order valence-electron chi connectivity index (χ2n) is 5.40. The monoisotopic (exact) mass is 328 g/mol. The van der Waals surface area contributed by atoms with Gasteiger partial charge in [0.1, 0.15) is 5.69 Å². The first kappa shape index (κ1) is 14.8. The van der Waals surface area contributed by atoms with E-state index < -0.39 is 0 Å². The molecule has 116 valence electrons. The first-order valence-corrected chi connectivity index (χ1v) is 8.65. The molecule has 0 N–H and O–H groups in total. The summed E-state index contributed by atoms with van der Waals surface area (Å²) in [5.41, 5.74) is 3.20.